The van der Waals surface area contributed by atoms with Gasteiger partial charge in [0.1, 0.15) is 5.69 Å². The molecule has 0 amide bonds. The monoisotopic (exact) mass is 466 g/mol. The fraction of sp³-hybridized carbons (Fsp3) is 0.294. The van der Waals surface area contributed by atoms with Gasteiger partial charge in [-0.15, -0.1) is 5.10 Å². The minimum atomic E-state index is -0.523. The lowest BCUT2D eigenvalue weighted by Gasteiger charge is -2.15. The topological polar surface area (TPSA) is 100 Å². The van der Waals surface area contributed by atoms with Gasteiger partial charge in [-0.1, -0.05) is 17.7 Å². The minimum absolute atomic E-state index is 0.213. The minimum Gasteiger partial charge on any atom is -0.390 e. The first-order valence-corrected chi connectivity index (χ1v) is 9.64. The summed E-state index contributed by atoms with van der Waals surface area (Å²) in [4.78, 5) is 34.5. The average molecular weight is 468 g/mol. The molecule has 0 unspecified atom stereocenters. The van der Waals surface area contributed by atoms with Gasteiger partial charge in [0, 0.05) is 11.5 Å². The first-order chi connectivity index (χ1) is 13.4. The van der Waals surface area contributed by atoms with Crippen molar-refractivity contribution in [1.29, 1.82) is 0 Å². The third kappa shape index (κ3) is 3.57. The zero-order valence-electron chi connectivity index (χ0n) is 14.9. The van der Waals surface area contributed by atoms with Crippen LogP contribution >= 0.6 is 27.5 Å². The van der Waals surface area contributed by atoms with E-state index >= 15 is 0 Å². The molecule has 0 spiro atoms. The SMILES string of the molecule is CN1CN(Cc2nn(CCc3ccc(Br)c(Cl)c3)c(=O)o2)c2nc[nH]c(=O)c21. The molecule has 1 aromatic carbocycles. The van der Waals surface area contributed by atoms with Gasteiger partial charge in [-0.3, -0.25) is 4.79 Å². The number of halogens is 2. The molecule has 11 heteroatoms. The van der Waals surface area contributed by atoms with Crippen LogP contribution in [0.25, 0.3) is 0 Å². The van der Waals surface area contributed by atoms with Crippen molar-refractivity contribution in [2.75, 3.05) is 23.5 Å². The Labute approximate surface area is 172 Å². The normalized spacial score (nSPS) is 13.2. The van der Waals surface area contributed by atoms with Crippen LogP contribution in [0.5, 0.6) is 0 Å². The molecule has 0 atom stereocenters. The second-order valence-electron chi connectivity index (χ2n) is 6.42. The summed E-state index contributed by atoms with van der Waals surface area (Å²) in [5.74, 6) is 0.278. The molecule has 1 aliphatic rings. The maximum absolute atomic E-state index is 12.1. The highest BCUT2D eigenvalue weighted by Crippen LogP contribution is 2.29. The lowest BCUT2D eigenvalue weighted by molar-refractivity contribution is 0.442. The molecule has 1 N–H and O–H groups in total. The molecule has 1 aliphatic heterocycles. The predicted octanol–water partition coefficient (Wildman–Crippen LogP) is 1.99. The van der Waals surface area contributed by atoms with Crippen molar-refractivity contribution in [3.8, 4) is 0 Å². The Bertz CT molecular complexity index is 1140. The van der Waals surface area contributed by atoms with E-state index in [-0.39, 0.29) is 18.0 Å². The number of hydrogen-bond donors (Lipinski definition) is 1. The van der Waals surface area contributed by atoms with Crippen LogP contribution < -0.4 is 21.1 Å². The Morgan fingerprint density at radius 3 is 2.96 bits per heavy atom. The molecule has 9 nitrogen and oxygen atoms in total. The molecule has 0 saturated carbocycles. The van der Waals surface area contributed by atoms with E-state index in [2.05, 4.69) is 31.0 Å². The van der Waals surface area contributed by atoms with E-state index in [1.165, 1.54) is 11.0 Å². The number of benzene rings is 1. The number of hydrogen-bond acceptors (Lipinski definition) is 7. The van der Waals surface area contributed by atoms with E-state index in [0.29, 0.717) is 36.2 Å². The Morgan fingerprint density at radius 1 is 1.36 bits per heavy atom. The summed E-state index contributed by atoms with van der Waals surface area (Å²) in [5.41, 5.74) is 1.26. The fourth-order valence-electron chi connectivity index (χ4n) is 3.13. The third-order valence-corrected chi connectivity index (χ3v) is 5.68. The van der Waals surface area contributed by atoms with Gasteiger partial charge in [0.05, 0.1) is 31.1 Å². The van der Waals surface area contributed by atoms with Crippen molar-refractivity contribution in [2.45, 2.75) is 19.5 Å². The number of aryl methyl sites for hydroxylation is 2. The molecular formula is C17H16BrClN6O3. The van der Waals surface area contributed by atoms with Crippen LogP contribution in [0, 0.1) is 0 Å². The summed E-state index contributed by atoms with van der Waals surface area (Å²) in [6, 6.07) is 5.64. The molecule has 3 heterocycles. The smallest absolute Gasteiger partial charge is 0.390 e. The first-order valence-electron chi connectivity index (χ1n) is 8.47. The van der Waals surface area contributed by atoms with Gasteiger partial charge < -0.3 is 19.2 Å². The van der Waals surface area contributed by atoms with Gasteiger partial charge >= 0.3 is 5.76 Å². The van der Waals surface area contributed by atoms with Crippen LogP contribution in [0.4, 0.5) is 11.5 Å². The van der Waals surface area contributed by atoms with Crippen LogP contribution in [0.1, 0.15) is 11.5 Å². The lowest BCUT2D eigenvalue weighted by Crippen LogP contribution is -2.28. The molecule has 0 bridgehead atoms. The molecular weight excluding hydrogens is 452 g/mol. The molecule has 146 valence electrons. The highest BCUT2D eigenvalue weighted by atomic mass is 79.9. The molecule has 4 rings (SSSR count). The fourth-order valence-corrected chi connectivity index (χ4v) is 3.57. The van der Waals surface area contributed by atoms with Crippen LogP contribution in [0.3, 0.4) is 0 Å². The van der Waals surface area contributed by atoms with Crippen molar-refractivity contribution >= 4 is 39.0 Å². The summed E-state index contributed by atoms with van der Waals surface area (Å²) in [5, 5.41) is 4.89. The number of H-pyrrole nitrogens is 1. The van der Waals surface area contributed by atoms with Gasteiger partial charge in [0.2, 0.25) is 5.89 Å². The van der Waals surface area contributed by atoms with Crippen molar-refractivity contribution < 1.29 is 4.42 Å². The van der Waals surface area contributed by atoms with Crippen molar-refractivity contribution in [1.82, 2.24) is 19.7 Å². The molecule has 0 saturated heterocycles. The number of anilines is 2. The zero-order valence-corrected chi connectivity index (χ0v) is 17.2. The highest BCUT2D eigenvalue weighted by molar-refractivity contribution is 9.10. The van der Waals surface area contributed by atoms with E-state index in [1.54, 1.807) is 11.9 Å². The zero-order chi connectivity index (χ0) is 19.8. The van der Waals surface area contributed by atoms with E-state index in [9.17, 15) is 9.59 Å². The van der Waals surface area contributed by atoms with Gasteiger partial charge in [0.15, 0.2) is 5.82 Å². The Hall–Kier alpha value is -2.59. The van der Waals surface area contributed by atoms with Crippen molar-refractivity contribution in [3.63, 3.8) is 0 Å². The van der Waals surface area contributed by atoms with Gasteiger partial charge in [-0.2, -0.15) is 4.68 Å². The Morgan fingerprint density at radius 2 is 2.18 bits per heavy atom. The first kappa shape index (κ1) is 18.8. The predicted molar refractivity (Wildman–Crippen MR) is 108 cm³/mol. The standard InChI is InChI=1S/C17H16BrClN6O3/c1-23-9-24(15-14(23)16(26)21-8-20-15)7-13-22-25(17(27)28-13)5-4-10-2-3-11(18)12(19)6-10/h2-3,6,8H,4-5,7,9H2,1H3,(H,20,21,26). The largest absolute Gasteiger partial charge is 0.437 e. The summed E-state index contributed by atoms with van der Waals surface area (Å²) in [7, 11) is 1.80. The number of nitrogens with one attached hydrogen (secondary N) is 1. The van der Waals surface area contributed by atoms with Crippen LogP contribution in [-0.2, 0) is 19.5 Å². The maximum atomic E-state index is 12.1. The second-order valence-corrected chi connectivity index (χ2v) is 7.69. The van der Waals surface area contributed by atoms with E-state index < -0.39 is 5.76 Å². The average Bonchev–Trinajstić information content (AvgIpc) is 3.16. The second kappa shape index (κ2) is 7.44. The van der Waals surface area contributed by atoms with Crippen molar-refractivity contribution in [2.24, 2.45) is 0 Å². The number of rotatable bonds is 5. The number of aromatic nitrogens is 4. The van der Waals surface area contributed by atoms with Crippen LogP contribution in [-0.4, -0.2) is 33.5 Å². The number of fused-ring (bicyclic) bond motifs is 1. The van der Waals surface area contributed by atoms with Crippen LogP contribution in [0.15, 0.2) is 43.0 Å². The quantitative estimate of drug-likeness (QED) is 0.612. The Kier molecular flexibility index (Phi) is 4.98. The third-order valence-electron chi connectivity index (χ3n) is 4.44. The van der Waals surface area contributed by atoms with Crippen molar-refractivity contribution in [3.05, 3.63) is 66.4 Å². The summed E-state index contributed by atoms with van der Waals surface area (Å²) in [6.45, 7) is 1.05. The maximum Gasteiger partial charge on any atom is 0.437 e. The van der Waals surface area contributed by atoms with Gasteiger partial charge in [-0.25, -0.2) is 9.78 Å². The van der Waals surface area contributed by atoms with Gasteiger partial charge in [-0.05, 0) is 40.0 Å². The molecule has 0 aliphatic carbocycles. The Balaban J connectivity index is 1.48. The van der Waals surface area contributed by atoms with Crippen LogP contribution in [0.2, 0.25) is 5.02 Å². The van der Waals surface area contributed by atoms with E-state index in [1.807, 2.05) is 23.1 Å². The molecule has 3 aromatic rings. The highest BCUT2D eigenvalue weighted by Gasteiger charge is 2.28. The number of nitrogens with zero attached hydrogens (tertiary/aromatic N) is 5. The molecule has 28 heavy (non-hydrogen) atoms. The summed E-state index contributed by atoms with van der Waals surface area (Å²) in [6.07, 6.45) is 1.94. The summed E-state index contributed by atoms with van der Waals surface area (Å²) < 4.78 is 7.39. The van der Waals surface area contributed by atoms with E-state index in [4.69, 9.17) is 16.0 Å². The lowest BCUT2D eigenvalue weighted by atomic mass is 10.1. The molecule has 2 aromatic heterocycles. The molecule has 0 radical (unpaired) electrons. The van der Waals surface area contributed by atoms with Gasteiger partial charge in [0.25, 0.3) is 5.56 Å². The summed E-state index contributed by atoms with van der Waals surface area (Å²) >= 11 is 9.45. The molecule has 0 fully saturated rings. The van der Waals surface area contributed by atoms with E-state index in [0.717, 1.165) is 10.0 Å². The number of aromatic amines is 1.